The van der Waals surface area contributed by atoms with Gasteiger partial charge in [-0.05, 0) is 36.4 Å². The van der Waals surface area contributed by atoms with Crippen LogP contribution in [0.2, 0.25) is 0 Å². The zero-order valence-electron chi connectivity index (χ0n) is 13.9. The number of hydrogen-bond donors (Lipinski definition) is 1. The maximum Gasteiger partial charge on any atom is 0.247 e. The summed E-state index contributed by atoms with van der Waals surface area (Å²) in [5.74, 6) is -0.648. The maximum atomic E-state index is 12.8. The van der Waals surface area contributed by atoms with Crippen molar-refractivity contribution in [3.8, 4) is 0 Å². The zero-order valence-corrected chi connectivity index (χ0v) is 14.7. The number of carbonyl (C=O) groups excluding carboxylic acids is 3. The number of imide groups is 1. The number of benzene rings is 2. The number of carbonyl (C=O) groups is 3. The number of halogens is 1. The van der Waals surface area contributed by atoms with Gasteiger partial charge >= 0.3 is 0 Å². The first-order chi connectivity index (χ1) is 12.5. The van der Waals surface area contributed by atoms with E-state index in [9.17, 15) is 18.8 Å². The first-order valence-electron chi connectivity index (χ1n) is 8.13. The molecule has 0 spiro atoms. The fourth-order valence-electron chi connectivity index (χ4n) is 2.63. The molecule has 1 aliphatic heterocycles. The molecule has 0 radical (unpaired) electrons. The van der Waals surface area contributed by atoms with Gasteiger partial charge in [-0.2, -0.15) is 0 Å². The summed E-state index contributed by atoms with van der Waals surface area (Å²) in [6.07, 6.45) is 0.337. The molecule has 1 fully saturated rings. The molecule has 0 aromatic heterocycles. The number of para-hydroxylation sites is 1. The van der Waals surface area contributed by atoms with E-state index in [1.165, 1.54) is 40.9 Å². The van der Waals surface area contributed by atoms with Crippen LogP contribution in [0.5, 0.6) is 0 Å². The third-order valence-electron chi connectivity index (χ3n) is 3.90. The van der Waals surface area contributed by atoms with Gasteiger partial charge in [0.05, 0.1) is 10.9 Å². The van der Waals surface area contributed by atoms with Crippen LogP contribution in [-0.4, -0.2) is 28.7 Å². The van der Waals surface area contributed by atoms with Gasteiger partial charge < -0.3 is 5.32 Å². The predicted octanol–water partition coefficient (Wildman–Crippen LogP) is 3.22. The van der Waals surface area contributed by atoms with Gasteiger partial charge in [0.1, 0.15) is 5.82 Å². The number of thioether (sulfide) groups is 1. The molecule has 134 valence electrons. The molecule has 1 saturated heterocycles. The van der Waals surface area contributed by atoms with Crippen molar-refractivity contribution in [2.24, 2.45) is 0 Å². The molecule has 3 rings (SSSR count). The summed E-state index contributed by atoms with van der Waals surface area (Å²) < 4.78 is 12.8. The lowest BCUT2D eigenvalue weighted by Gasteiger charge is -2.14. The fraction of sp³-hybridized carbons (Fsp3) is 0.211. The van der Waals surface area contributed by atoms with Gasteiger partial charge in [-0.15, -0.1) is 11.8 Å². The average Bonchev–Trinajstić information content (AvgIpc) is 2.91. The largest absolute Gasteiger partial charge is 0.326 e. The summed E-state index contributed by atoms with van der Waals surface area (Å²) in [5, 5.41) is 2.20. The van der Waals surface area contributed by atoms with E-state index in [0.717, 1.165) is 0 Å². The molecule has 26 heavy (non-hydrogen) atoms. The average molecular weight is 372 g/mol. The monoisotopic (exact) mass is 372 g/mol. The quantitative estimate of drug-likeness (QED) is 0.791. The van der Waals surface area contributed by atoms with Gasteiger partial charge in [0, 0.05) is 24.3 Å². The Morgan fingerprint density at radius 1 is 1.12 bits per heavy atom. The Balaban J connectivity index is 1.49. The van der Waals surface area contributed by atoms with Gasteiger partial charge in [0.15, 0.2) is 0 Å². The highest BCUT2D eigenvalue weighted by Crippen LogP contribution is 2.29. The number of anilines is 2. The molecule has 0 aliphatic carbocycles. The summed E-state index contributed by atoms with van der Waals surface area (Å²) in [7, 11) is 0. The number of nitrogens with zero attached hydrogens (tertiary/aromatic N) is 1. The Labute approximate surface area is 154 Å². The minimum atomic E-state index is -0.471. The number of nitrogens with one attached hydrogen (secondary N) is 1. The molecule has 0 unspecified atom stereocenters. The van der Waals surface area contributed by atoms with Crippen LogP contribution in [0, 0.1) is 5.82 Å². The number of hydrogen-bond acceptors (Lipinski definition) is 4. The second-order valence-corrected chi connectivity index (χ2v) is 7.08. The second-order valence-electron chi connectivity index (χ2n) is 5.77. The minimum Gasteiger partial charge on any atom is -0.326 e. The Kier molecular flexibility index (Phi) is 5.68. The van der Waals surface area contributed by atoms with Crippen LogP contribution in [0.15, 0.2) is 54.6 Å². The van der Waals surface area contributed by atoms with E-state index in [0.29, 0.717) is 17.1 Å². The maximum absolute atomic E-state index is 12.8. The van der Waals surface area contributed by atoms with Crippen molar-refractivity contribution in [1.29, 1.82) is 0 Å². The molecule has 0 bridgehead atoms. The third-order valence-corrected chi connectivity index (χ3v) is 5.11. The van der Waals surface area contributed by atoms with Crippen LogP contribution in [0.3, 0.4) is 0 Å². The highest BCUT2D eigenvalue weighted by Gasteiger charge is 2.39. The first-order valence-corrected chi connectivity index (χ1v) is 9.18. The summed E-state index contributed by atoms with van der Waals surface area (Å²) in [4.78, 5) is 37.7. The third kappa shape index (κ3) is 4.29. The number of amides is 3. The molecule has 5 nitrogen and oxygen atoms in total. The van der Waals surface area contributed by atoms with E-state index in [1.54, 1.807) is 24.3 Å². The Morgan fingerprint density at radius 3 is 2.50 bits per heavy atom. The van der Waals surface area contributed by atoms with Crippen molar-refractivity contribution in [3.05, 3.63) is 60.4 Å². The van der Waals surface area contributed by atoms with Crippen LogP contribution >= 0.6 is 11.8 Å². The molecule has 1 atom stereocenters. The van der Waals surface area contributed by atoms with Crippen LogP contribution < -0.4 is 10.2 Å². The Hall–Kier alpha value is -2.67. The van der Waals surface area contributed by atoms with Crippen LogP contribution in [0.4, 0.5) is 15.8 Å². The second kappa shape index (κ2) is 8.14. The van der Waals surface area contributed by atoms with Crippen LogP contribution in [0.25, 0.3) is 0 Å². The molecule has 1 heterocycles. The summed E-state index contributed by atoms with van der Waals surface area (Å²) in [5.41, 5.74) is 1.09. The van der Waals surface area contributed by atoms with Gasteiger partial charge in [-0.25, -0.2) is 9.29 Å². The van der Waals surface area contributed by atoms with E-state index in [4.69, 9.17) is 0 Å². The summed E-state index contributed by atoms with van der Waals surface area (Å²) >= 11 is 1.30. The Morgan fingerprint density at radius 2 is 1.81 bits per heavy atom. The molecule has 7 heteroatoms. The highest BCUT2D eigenvalue weighted by atomic mass is 32.2. The van der Waals surface area contributed by atoms with Crippen LogP contribution in [-0.2, 0) is 14.4 Å². The summed E-state index contributed by atoms with van der Waals surface area (Å²) in [6, 6.07) is 14.3. The van der Waals surface area contributed by atoms with Crippen molar-refractivity contribution < 1.29 is 18.8 Å². The lowest BCUT2D eigenvalue weighted by molar-refractivity contribution is -0.121. The van der Waals surface area contributed by atoms with Crippen molar-refractivity contribution in [1.82, 2.24) is 0 Å². The molecule has 2 aromatic carbocycles. The summed E-state index contributed by atoms with van der Waals surface area (Å²) in [6.45, 7) is 0. The SMILES string of the molecule is O=C(CCS[C@H]1CC(=O)N(c2ccccc2)C1=O)Nc1ccc(F)cc1. The lowest BCUT2D eigenvalue weighted by atomic mass is 10.3. The van der Waals surface area contributed by atoms with Crippen LogP contribution in [0.1, 0.15) is 12.8 Å². The van der Waals surface area contributed by atoms with Crippen molar-refractivity contribution in [3.63, 3.8) is 0 Å². The molecule has 3 amide bonds. The normalized spacial score (nSPS) is 16.8. The zero-order chi connectivity index (χ0) is 18.5. The van der Waals surface area contributed by atoms with Gasteiger partial charge in [0.25, 0.3) is 0 Å². The lowest BCUT2D eigenvalue weighted by Crippen LogP contribution is -2.31. The van der Waals surface area contributed by atoms with E-state index in [-0.39, 0.29) is 36.4 Å². The highest BCUT2D eigenvalue weighted by molar-refractivity contribution is 8.00. The smallest absolute Gasteiger partial charge is 0.247 e. The first kappa shape index (κ1) is 18.1. The van der Waals surface area contributed by atoms with E-state index >= 15 is 0 Å². The number of rotatable bonds is 6. The predicted molar refractivity (Wildman–Crippen MR) is 99.4 cm³/mol. The molecular formula is C19H17FN2O3S. The van der Waals surface area contributed by atoms with Crippen molar-refractivity contribution in [2.75, 3.05) is 16.0 Å². The van der Waals surface area contributed by atoms with E-state index in [2.05, 4.69) is 5.32 Å². The minimum absolute atomic E-state index is 0.137. The van der Waals surface area contributed by atoms with Crippen molar-refractivity contribution >= 4 is 40.9 Å². The van der Waals surface area contributed by atoms with Gasteiger partial charge in [0.2, 0.25) is 17.7 Å². The fourth-order valence-corrected chi connectivity index (χ4v) is 3.73. The Bertz CT molecular complexity index is 811. The molecule has 1 aliphatic rings. The molecule has 2 aromatic rings. The van der Waals surface area contributed by atoms with Gasteiger partial charge in [-0.3, -0.25) is 14.4 Å². The molecule has 1 N–H and O–H groups in total. The van der Waals surface area contributed by atoms with Crippen molar-refractivity contribution in [2.45, 2.75) is 18.1 Å². The topological polar surface area (TPSA) is 66.5 Å². The van der Waals surface area contributed by atoms with E-state index in [1.807, 2.05) is 6.07 Å². The molecular weight excluding hydrogens is 355 g/mol. The standard InChI is InChI=1S/C19H17FN2O3S/c20-13-6-8-14(9-7-13)21-17(23)10-11-26-16-12-18(24)22(19(16)25)15-4-2-1-3-5-15/h1-9,16H,10-12H2,(H,21,23)/t16-/m0/s1. The molecule has 0 saturated carbocycles. The van der Waals surface area contributed by atoms with E-state index < -0.39 is 5.25 Å². The van der Waals surface area contributed by atoms with Gasteiger partial charge in [-0.1, -0.05) is 18.2 Å².